The van der Waals surface area contributed by atoms with Gasteiger partial charge in [-0.25, -0.2) is 9.97 Å². The molecule has 1 fully saturated rings. The number of hydrogen-bond acceptors (Lipinski definition) is 4. The van der Waals surface area contributed by atoms with Crippen molar-refractivity contribution in [3.63, 3.8) is 0 Å². The van der Waals surface area contributed by atoms with Crippen molar-refractivity contribution < 1.29 is 4.79 Å². The summed E-state index contributed by atoms with van der Waals surface area (Å²) in [6.45, 7) is 2.47. The Morgan fingerprint density at radius 3 is 2.91 bits per heavy atom. The number of imidazole rings is 1. The lowest BCUT2D eigenvalue weighted by Gasteiger charge is -2.29. The molecule has 1 N–H and O–H groups in total. The van der Waals surface area contributed by atoms with Crippen molar-refractivity contribution in [3.8, 4) is 11.5 Å². The highest BCUT2D eigenvalue weighted by Gasteiger charge is 2.23. The third-order valence-corrected chi connectivity index (χ3v) is 4.28. The summed E-state index contributed by atoms with van der Waals surface area (Å²) in [5.74, 6) is 1.25. The zero-order chi connectivity index (χ0) is 15.4. The van der Waals surface area contributed by atoms with Gasteiger partial charge in [0.25, 0.3) is 0 Å². The molecule has 2 atom stereocenters. The van der Waals surface area contributed by atoms with E-state index in [2.05, 4.69) is 27.2 Å². The average Bonchev–Trinajstić information content (AvgIpc) is 2.98. The van der Waals surface area contributed by atoms with E-state index < -0.39 is 0 Å². The molecule has 2 aromatic rings. The number of rotatable bonds is 4. The fourth-order valence-electron chi connectivity index (χ4n) is 3.02. The molecule has 6 heteroatoms. The van der Waals surface area contributed by atoms with Crippen LogP contribution in [-0.4, -0.2) is 31.5 Å². The van der Waals surface area contributed by atoms with Crippen LogP contribution >= 0.6 is 0 Å². The first-order valence-corrected chi connectivity index (χ1v) is 7.81. The predicted molar refractivity (Wildman–Crippen MR) is 82.8 cm³/mol. The minimum absolute atomic E-state index is 0.0295. The number of hydrogen-bond donors (Lipinski definition) is 1. The maximum absolute atomic E-state index is 12.3. The molecule has 2 aromatic heterocycles. The molecule has 1 aliphatic rings. The Labute approximate surface area is 130 Å². The number of carbonyl (C=O) groups excluding carboxylic acids is 1. The van der Waals surface area contributed by atoms with Crippen LogP contribution in [0.15, 0.2) is 31.0 Å². The number of nitrogens with one attached hydrogen (secondary N) is 1. The van der Waals surface area contributed by atoms with E-state index in [0.29, 0.717) is 23.5 Å². The number of aromatic nitrogens is 4. The highest BCUT2D eigenvalue weighted by Crippen LogP contribution is 2.23. The minimum Gasteiger partial charge on any atom is -0.352 e. The third-order valence-electron chi connectivity index (χ3n) is 4.28. The summed E-state index contributed by atoms with van der Waals surface area (Å²) in [7, 11) is 0. The van der Waals surface area contributed by atoms with Gasteiger partial charge in [-0.05, 0) is 18.8 Å². The van der Waals surface area contributed by atoms with Crippen LogP contribution in [0.25, 0.3) is 11.5 Å². The van der Waals surface area contributed by atoms with Gasteiger partial charge < -0.3 is 9.88 Å². The number of nitrogens with zero attached hydrogens (tertiary/aromatic N) is 4. The number of carbonyl (C=O) groups is 1. The van der Waals surface area contributed by atoms with Crippen molar-refractivity contribution >= 4 is 5.91 Å². The van der Waals surface area contributed by atoms with E-state index in [4.69, 9.17) is 0 Å². The summed E-state index contributed by atoms with van der Waals surface area (Å²) in [4.78, 5) is 24.9. The van der Waals surface area contributed by atoms with Crippen LogP contribution in [0.4, 0.5) is 0 Å². The lowest BCUT2D eigenvalue weighted by molar-refractivity contribution is -0.122. The molecule has 3 rings (SSSR count). The van der Waals surface area contributed by atoms with E-state index in [1.54, 1.807) is 31.0 Å². The van der Waals surface area contributed by atoms with Gasteiger partial charge in [-0.2, -0.15) is 0 Å². The van der Waals surface area contributed by atoms with Gasteiger partial charge in [-0.15, -0.1) is 0 Å². The van der Waals surface area contributed by atoms with Gasteiger partial charge in [-0.1, -0.05) is 19.8 Å². The summed E-state index contributed by atoms with van der Waals surface area (Å²) in [5.41, 5.74) is 0.673. The number of amides is 1. The molecule has 2 heterocycles. The van der Waals surface area contributed by atoms with Gasteiger partial charge in [0, 0.05) is 30.8 Å². The van der Waals surface area contributed by atoms with Gasteiger partial charge in [0.1, 0.15) is 12.2 Å². The third kappa shape index (κ3) is 3.32. The molecule has 1 aliphatic carbocycles. The zero-order valence-electron chi connectivity index (χ0n) is 12.8. The second-order valence-electron chi connectivity index (χ2n) is 5.91. The van der Waals surface area contributed by atoms with Gasteiger partial charge in [0.2, 0.25) is 5.91 Å². The first kappa shape index (κ1) is 14.7. The molecule has 0 saturated heterocycles. The van der Waals surface area contributed by atoms with Crippen LogP contribution < -0.4 is 5.32 Å². The van der Waals surface area contributed by atoms with Crippen LogP contribution in [0.3, 0.4) is 0 Å². The van der Waals surface area contributed by atoms with E-state index >= 15 is 0 Å². The van der Waals surface area contributed by atoms with Gasteiger partial charge in [0.15, 0.2) is 5.82 Å². The van der Waals surface area contributed by atoms with Crippen molar-refractivity contribution in [2.75, 3.05) is 0 Å². The molecule has 1 amide bonds. The summed E-state index contributed by atoms with van der Waals surface area (Å²) < 4.78 is 1.81. The van der Waals surface area contributed by atoms with Crippen LogP contribution in [0.2, 0.25) is 0 Å². The Bertz CT molecular complexity index is 624. The smallest absolute Gasteiger partial charge is 0.240 e. The normalized spacial score (nSPS) is 21.5. The Hall–Kier alpha value is -2.24. The van der Waals surface area contributed by atoms with Gasteiger partial charge in [-0.3, -0.25) is 9.78 Å². The summed E-state index contributed by atoms with van der Waals surface area (Å²) in [6, 6.07) is 0.296. The zero-order valence-corrected chi connectivity index (χ0v) is 12.8. The molecular weight excluding hydrogens is 278 g/mol. The standard InChI is InChI=1S/C16H21N5O/c1-12-4-2-3-5-13(12)20-15(22)11-21-9-8-19-16(21)14-10-17-6-7-18-14/h6-10,12-13H,2-5,11H2,1H3,(H,20,22)/t12-,13+/m1/s1. The van der Waals surface area contributed by atoms with E-state index in [1.807, 2.05) is 4.57 Å². The maximum atomic E-state index is 12.3. The molecular formula is C16H21N5O. The topological polar surface area (TPSA) is 72.7 Å². The monoisotopic (exact) mass is 299 g/mol. The molecule has 0 bridgehead atoms. The molecule has 0 radical (unpaired) electrons. The van der Waals surface area contributed by atoms with Crippen molar-refractivity contribution in [1.29, 1.82) is 0 Å². The average molecular weight is 299 g/mol. The van der Waals surface area contributed by atoms with Crippen molar-refractivity contribution in [1.82, 2.24) is 24.8 Å². The van der Waals surface area contributed by atoms with Gasteiger partial charge in [0.05, 0.1) is 6.20 Å². The van der Waals surface area contributed by atoms with Crippen molar-refractivity contribution in [3.05, 3.63) is 31.0 Å². The second kappa shape index (κ2) is 6.68. The summed E-state index contributed by atoms with van der Waals surface area (Å²) in [5, 5.41) is 3.16. The van der Waals surface area contributed by atoms with E-state index in [0.717, 1.165) is 6.42 Å². The first-order valence-electron chi connectivity index (χ1n) is 7.81. The predicted octanol–water partition coefficient (Wildman–Crippen LogP) is 2.04. The van der Waals surface area contributed by atoms with E-state index in [9.17, 15) is 4.79 Å². The van der Waals surface area contributed by atoms with Crippen LogP contribution in [0, 0.1) is 5.92 Å². The molecule has 0 aromatic carbocycles. The molecule has 22 heavy (non-hydrogen) atoms. The lowest BCUT2D eigenvalue weighted by atomic mass is 9.86. The molecule has 0 aliphatic heterocycles. The largest absolute Gasteiger partial charge is 0.352 e. The van der Waals surface area contributed by atoms with Crippen molar-refractivity contribution in [2.45, 2.75) is 45.2 Å². The van der Waals surface area contributed by atoms with Gasteiger partial charge >= 0.3 is 0 Å². The van der Waals surface area contributed by atoms with Crippen LogP contribution in [-0.2, 0) is 11.3 Å². The lowest BCUT2D eigenvalue weighted by Crippen LogP contribution is -2.42. The maximum Gasteiger partial charge on any atom is 0.240 e. The fraction of sp³-hybridized carbons (Fsp3) is 0.500. The molecule has 116 valence electrons. The molecule has 0 spiro atoms. The van der Waals surface area contributed by atoms with E-state index in [1.165, 1.54) is 19.3 Å². The summed E-state index contributed by atoms with van der Waals surface area (Å²) in [6.07, 6.45) is 13.1. The Morgan fingerprint density at radius 2 is 2.14 bits per heavy atom. The highest BCUT2D eigenvalue weighted by molar-refractivity contribution is 5.76. The second-order valence-corrected chi connectivity index (χ2v) is 5.91. The molecule has 1 saturated carbocycles. The van der Waals surface area contributed by atoms with Crippen molar-refractivity contribution in [2.24, 2.45) is 5.92 Å². The highest BCUT2D eigenvalue weighted by atomic mass is 16.2. The fourth-order valence-corrected chi connectivity index (χ4v) is 3.02. The SMILES string of the molecule is C[C@@H]1CCCC[C@@H]1NC(=O)Cn1ccnc1-c1cnccn1. The Balaban J connectivity index is 1.66. The summed E-state index contributed by atoms with van der Waals surface area (Å²) >= 11 is 0. The van der Waals surface area contributed by atoms with Crippen LogP contribution in [0.5, 0.6) is 0 Å². The first-order chi connectivity index (χ1) is 10.7. The minimum atomic E-state index is 0.0295. The van der Waals surface area contributed by atoms with E-state index in [-0.39, 0.29) is 12.5 Å². The molecule has 6 nitrogen and oxygen atoms in total. The Morgan fingerprint density at radius 1 is 1.27 bits per heavy atom. The van der Waals surface area contributed by atoms with Crippen LogP contribution in [0.1, 0.15) is 32.6 Å². The molecule has 0 unspecified atom stereocenters. The Kier molecular flexibility index (Phi) is 4.46. The quantitative estimate of drug-likeness (QED) is 0.937.